The van der Waals surface area contributed by atoms with Crippen LogP contribution in [0.4, 0.5) is 15.6 Å². The molecule has 0 spiro atoms. The molecule has 3 rings (SSSR count). The molecule has 0 aliphatic carbocycles. The summed E-state index contributed by atoms with van der Waals surface area (Å²) in [6, 6.07) is 7.30. The molecular formula is C17H20N4O4S. The summed E-state index contributed by atoms with van der Waals surface area (Å²) in [6.45, 7) is 1.62. The zero-order valence-electron chi connectivity index (χ0n) is 14.6. The van der Waals surface area contributed by atoms with E-state index in [1.807, 2.05) is 17.0 Å². The summed E-state index contributed by atoms with van der Waals surface area (Å²) in [6.07, 6.45) is 0.195. The number of fused-ring (bicyclic) bond motifs is 1. The van der Waals surface area contributed by atoms with Crippen molar-refractivity contribution in [1.29, 1.82) is 0 Å². The number of carbonyl (C=O) groups excluding carboxylic acids is 2. The summed E-state index contributed by atoms with van der Waals surface area (Å²) in [4.78, 5) is 31.1. The molecule has 9 heteroatoms. The second kappa shape index (κ2) is 8.15. The second-order valence-corrected chi connectivity index (χ2v) is 6.80. The molecule has 0 bridgehead atoms. The van der Waals surface area contributed by atoms with E-state index >= 15 is 0 Å². The lowest BCUT2D eigenvalue weighted by Gasteiger charge is -2.25. The van der Waals surface area contributed by atoms with Gasteiger partial charge in [-0.3, -0.25) is 15.0 Å². The summed E-state index contributed by atoms with van der Waals surface area (Å²) >= 11 is 1.40. The molecule has 0 saturated carbocycles. The molecule has 1 aromatic heterocycles. The standard InChI is InChI=1S/C17H20N4O4S/c1-24-13-6-4-3-5-11(13)18-15(22)10-21-8-7-12-14(9-21)26-16(19-12)20-17(23)25-2/h3-6H,7-10H2,1-2H3,(H,18,22)(H,19,20,23). The van der Waals surface area contributed by atoms with Gasteiger partial charge in [0, 0.05) is 24.4 Å². The molecule has 2 aromatic rings. The molecule has 0 fully saturated rings. The van der Waals surface area contributed by atoms with Crippen molar-refractivity contribution in [3.8, 4) is 5.75 Å². The third-order valence-corrected chi connectivity index (χ3v) is 4.95. The summed E-state index contributed by atoms with van der Waals surface area (Å²) in [5.74, 6) is 0.526. The van der Waals surface area contributed by atoms with Gasteiger partial charge in [0.15, 0.2) is 5.13 Å². The average Bonchev–Trinajstić information content (AvgIpc) is 3.03. The van der Waals surface area contributed by atoms with Gasteiger partial charge in [0.2, 0.25) is 5.91 Å². The molecule has 1 aliphatic heterocycles. The van der Waals surface area contributed by atoms with E-state index in [9.17, 15) is 9.59 Å². The highest BCUT2D eigenvalue weighted by atomic mass is 32.1. The molecule has 0 unspecified atom stereocenters. The first kappa shape index (κ1) is 18.2. The largest absolute Gasteiger partial charge is 0.495 e. The number of aromatic nitrogens is 1. The highest BCUT2D eigenvalue weighted by molar-refractivity contribution is 7.15. The van der Waals surface area contributed by atoms with Crippen LogP contribution in [0.3, 0.4) is 0 Å². The molecule has 8 nitrogen and oxygen atoms in total. The Labute approximate surface area is 155 Å². The topological polar surface area (TPSA) is 92.8 Å². The van der Waals surface area contributed by atoms with Crippen molar-refractivity contribution in [2.75, 3.05) is 37.9 Å². The number of para-hydroxylation sites is 2. The quantitative estimate of drug-likeness (QED) is 0.832. The zero-order chi connectivity index (χ0) is 18.5. The van der Waals surface area contributed by atoms with E-state index in [-0.39, 0.29) is 12.5 Å². The van der Waals surface area contributed by atoms with Gasteiger partial charge in [-0.15, -0.1) is 0 Å². The first-order chi connectivity index (χ1) is 12.6. The minimum Gasteiger partial charge on any atom is -0.495 e. The van der Waals surface area contributed by atoms with Gasteiger partial charge in [-0.2, -0.15) is 0 Å². The fraction of sp³-hybridized carbons (Fsp3) is 0.353. The number of hydrogen-bond acceptors (Lipinski definition) is 7. The molecule has 1 aliphatic rings. The Kier molecular flexibility index (Phi) is 5.69. The number of thiazole rings is 1. The van der Waals surface area contributed by atoms with Crippen LogP contribution in [0.25, 0.3) is 0 Å². The zero-order valence-corrected chi connectivity index (χ0v) is 15.4. The van der Waals surface area contributed by atoms with Crippen LogP contribution in [0, 0.1) is 0 Å². The molecule has 2 N–H and O–H groups in total. The van der Waals surface area contributed by atoms with Gasteiger partial charge in [0.05, 0.1) is 32.1 Å². The summed E-state index contributed by atoms with van der Waals surface area (Å²) in [5.41, 5.74) is 1.61. The van der Waals surface area contributed by atoms with Gasteiger partial charge >= 0.3 is 6.09 Å². The van der Waals surface area contributed by atoms with Crippen LogP contribution in [0.15, 0.2) is 24.3 Å². The predicted octanol–water partition coefficient (Wildman–Crippen LogP) is 2.33. The van der Waals surface area contributed by atoms with Crippen LogP contribution in [-0.2, 0) is 22.5 Å². The SMILES string of the molecule is COC(=O)Nc1nc2c(s1)CN(CC(=O)Nc1ccccc1OC)CC2. The van der Waals surface area contributed by atoms with E-state index in [1.54, 1.807) is 19.2 Å². The number of amides is 2. The summed E-state index contributed by atoms with van der Waals surface area (Å²) < 4.78 is 9.83. The van der Waals surface area contributed by atoms with Crippen molar-refractivity contribution >= 4 is 34.2 Å². The predicted molar refractivity (Wildman–Crippen MR) is 98.7 cm³/mol. The normalized spacial score (nSPS) is 13.6. The van der Waals surface area contributed by atoms with Crippen molar-refractivity contribution in [2.45, 2.75) is 13.0 Å². The number of hydrogen-bond donors (Lipinski definition) is 2. The average molecular weight is 376 g/mol. The third-order valence-electron chi connectivity index (χ3n) is 3.95. The minimum atomic E-state index is -0.538. The number of anilines is 2. The molecule has 0 saturated heterocycles. The molecule has 1 aromatic carbocycles. The van der Waals surface area contributed by atoms with Gasteiger partial charge in [-0.1, -0.05) is 23.5 Å². The van der Waals surface area contributed by atoms with E-state index in [0.717, 1.165) is 23.5 Å². The van der Waals surface area contributed by atoms with Gasteiger partial charge in [0.25, 0.3) is 0 Å². The number of rotatable bonds is 5. The van der Waals surface area contributed by atoms with Crippen LogP contribution >= 0.6 is 11.3 Å². The van der Waals surface area contributed by atoms with Crippen molar-refractivity contribution in [3.05, 3.63) is 34.8 Å². The summed E-state index contributed by atoms with van der Waals surface area (Å²) in [5, 5.41) is 5.98. The molecule has 2 amide bonds. The molecule has 0 atom stereocenters. The first-order valence-electron chi connectivity index (χ1n) is 8.08. The number of nitrogens with zero attached hydrogens (tertiary/aromatic N) is 2. The van der Waals surface area contributed by atoms with Gasteiger partial charge in [-0.25, -0.2) is 9.78 Å². The van der Waals surface area contributed by atoms with E-state index in [1.165, 1.54) is 18.4 Å². The van der Waals surface area contributed by atoms with Gasteiger partial charge < -0.3 is 14.8 Å². The first-order valence-corrected chi connectivity index (χ1v) is 8.89. The van der Waals surface area contributed by atoms with Crippen molar-refractivity contribution in [3.63, 3.8) is 0 Å². The third kappa shape index (κ3) is 4.30. The molecule has 0 radical (unpaired) electrons. The van der Waals surface area contributed by atoms with E-state index in [4.69, 9.17) is 4.74 Å². The highest BCUT2D eigenvalue weighted by Gasteiger charge is 2.23. The maximum absolute atomic E-state index is 12.4. The van der Waals surface area contributed by atoms with Crippen LogP contribution in [0.1, 0.15) is 10.6 Å². The molecule has 138 valence electrons. The van der Waals surface area contributed by atoms with Crippen LogP contribution in [0.5, 0.6) is 5.75 Å². The molecule has 26 heavy (non-hydrogen) atoms. The van der Waals surface area contributed by atoms with Crippen molar-refractivity contribution < 1.29 is 19.1 Å². The number of nitrogens with one attached hydrogen (secondary N) is 2. The number of ether oxygens (including phenoxy) is 2. The Morgan fingerprint density at radius 2 is 2.08 bits per heavy atom. The number of carbonyl (C=O) groups is 2. The van der Waals surface area contributed by atoms with E-state index in [2.05, 4.69) is 20.4 Å². The monoisotopic (exact) mass is 376 g/mol. The fourth-order valence-electron chi connectivity index (χ4n) is 2.72. The summed E-state index contributed by atoms with van der Waals surface area (Å²) in [7, 11) is 2.88. The van der Waals surface area contributed by atoms with Crippen molar-refractivity contribution in [1.82, 2.24) is 9.88 Å². The number of methoxy groups -OCH3 is 2. The molecular weight excluding hydrogens is 356 g/mol. The maximum atomic E-state index is 12.4. The minimum absolute atomic E-state index is 0.102. The Bertz CT molecular complexity index is 808. The lowest BCUT2D eigenvalue weighted by molar-refractivity contribution is -0.117. The molecule has 2 heterocycles. The van der Waals surface area contributed by atoms with Crippen LogP contribution < -0.4 is 15.4 Å². The Balaban J connectivity index is 1.58. The number of benzene rings is 1. The second-order valence-electron chi connectivity index (χ2n) is 5.71. The van der Waals surface area contributed by atoms with Crippen molar-refractivity contribution in [2.24, 2.45) is 0 Å². The van der Waals surface area contributed by atoms with Gasteiger partial charge in [0.1, 0.15) is 5.75 Å². The lowest BCUT2D eigenvalue weighted by Crippen LogP contribution is -2.36. The van der Waals surface area contributed by atoms with Crippen LogP contribution in [0.2, 0.25) is 0 Å². The van der Waals surface area contributed by atoms with E-state index in [0.29, 0.717) is 23.1 Å². The fourth-order valence-corrected chi connectivity index (χ4v) is 3.75. The van der Waals surface area contributed by atoms with Crippen LogP contribution in [-0.4, -0.2) is 49.2 Å². The Morgan fingerprint density at radius 1 is 1.27 bits per heavy atom. The smallest absolute Gasteiger partial charge is 0.413 e. The highest BCUT2D eigenvalue weighted by Crippen LogP contribution is 2.28. The lowest BCUT2D eigenvalue weighted by atomic mass is 10.2. The van der Waals surface area contributed by atoms with E-state index < -0.39 is 6.09 Å². The van der Waals surface area contributed by atoms with Gasteiger partial charge in [-0.05, 0) is 12.1 Å². The Hall–Kier alpha value is -2.65. The maximum Gasteiger partial charge on any atom is 0.413 e. The Morgan fingerprint density at radius 3 is 2.85 bits per heavy atom.